The maximum Gasteiger partial charge on any atom is 0.333 e. The SMILES string of the molecule is Cc1cc2c3c(c1)N1c4cc5ccccc5cc4C(c4ccccc4)(c4ccccc4)c4cccc(c41)B3N(c1ccc3c(c1)C(C)(C)CCC3(C)C)c1cc(N(c3ccc(C(C)(C)C)cc3)c3ccc(C(C)(C)C)cc3)ccc1-2. The topological polar surface area (TPSA) is 9.72 Å². The van der Waals surface area contributed by atoms with Gasteiger partial charge in [-0.15, -0.1) is 0 Å². The number of anilines is 8. The van der Waals surface area contributed by atoms with Crippen molar-refractivity contribution in [3.63, 3.8) is 0 Å². The lowest BCUT2D eigenvalue weighted by Crippen LogP contribution is -2.62. The fourth-order valence-corrected chi connectivity index (χ4v) is 14.5. The van der Waals surface area contributed by atoms with Crippen LogP contribution in [-0.4, -0.2) is 6.85 Å². The monoisotopic (exact) mass is 1040 g/mol. The van der Waals surface area contributed by atoms with Crippen LogP contribution in [0, 0.1) is 6.92 Å². The highest BCUT2D eigenvalue weighted by Crippen LogP contribution is 2.60. The van der Waals surface area contributed by atoms with Crippen molar-refractivity contribution >= 4 is 74.0 Å². The summed E-state index contributed by atoms with van der Waals surface area (Å²) in [4.78, 5) is 7.92. The molecular weight excluding hydrogens is 966 g/mol. The zero-order valence-corrected chi connectivity index (χ0v) is 48.5. The number of benzene rings is 10. The summed E-state index contributed by atoms with van der Waals surface area (Å²) in [6, 6.07) is 82.4. The van der Waals surface area contributed by atoms with E-state index in [1.165, 1.54) is 111 Å². The lowest BCUT2D eigenvalue weighted by atomic mass is 9.42. The van der Waals surface area contributed by atoms with E-state index in [2.05, 4.69) is 303 Å². The molecule has 1 aliphatic carbocycles. The molecule has 80 heavy (non-hydrogen) atoms. The lowest BCUT2D eigenvalue weighted by molar-refractivity contribution is 0.332. The molecule has 4 aliphatic rings. The van der Waals surface area contributed by atoms with Crippen molar-refractivity contribution in [1.29, 1.82) is 0 Å². The van der Waals surface area contributed by atoms with E-state index in [1.54, 1.807) is 0 Å². The van der Waals surface area contributed by atoms with Gasteiger partial charge in [0, 0.05) is 45.4 Å². The van der Waals surface area contributed by atoms with Crippen LogP contribution < -0.4 is 25.5 Å². The molecule has 0 N–H and O–H groups in total. The molecule has 0 saturated carbocycles. The molecule has 0 bridgehead atoms. The Kier molecular flexibility index (Phi) is 11.1. The first-order valence-corrected chi connectivity index (χ1v) is 29.2. The molecule has 10 aromatic rings. The Hall–Kier alpha value is -8.08. The van der Waals surface area contributed by atoms with Crippen LogP contribution in [0.25, 0.3) is 21.9 Å². The van der Waals surface area contributed by atoms with Gasteiger partial charge in [-0.2, -0.15) is 0 Å². The Morgan fingerprint density at radius 3 is 1.60 bits per heavy atom. The molecule has 0 amide bonds. The Morgan fingerprint density at radius 1 is 0.438 bits per heavy atom. The molecule has 3 aliphatic heterocycles. The molecule has 0 radical (unpaired) electrons. The van der Waals surface area contributed by atoms with E-state index in [1.807, 2.05) is 0 Å². The number of para-hydroxylation sites is 1. The highest BCUT2D eigenvalue weighted by atomic mass is 15.2. The predicted molar refractivity (Wildman–Crippen MR) is 342 cm³/mol. The molecule has 10 aromatic carbocycles. The normalized spacial score (nSPS) is 16.1. The largest absolute Gasteiger partial charge is 0.376 e. The number of aryl methyl sites for hydroxylation is 1. The maximum absolute atomic E-state index is 2.76. The number of nitrogens with zero attached hydrogens (tertiary/aromatic N) is 3. The summed E-state index contributed by atoms with van der Waals surface area (Å²) in [5.41, 5.74) is 26.1. The molecule has 4 heteroatoms. The van der Waals surface area contributed by atoms with Gasteiger partial charge in [-0.25, -0.2) is 0 Å². The van der Waals surface area contributed by atoms with Crippen LogP contribution in [0.1, 0.15) is 132 Å². The molecule has 0 fully saturated rings. The standard InChI is InChI=1S/C76H72BN3/c1-49-43-61-60-39-37-58(78(56-33-29-52(30-34-56)72(2,3)4)57-35-31-53(32-36-57)73(5,6)7)48-67(60)80(59-38-40-62-64(47-59)75(10,11)42-41-74(62,8)9)77-66-28-20-27-63-71(66)79(69(44-49)70(61)77)68-46-51-22-19-18-21-50(51)45-65(68)76(63,54-23-14-12-15-24-54)55-25-16-13-17-26-55/h12-40,43-48H,41-42H2,1-11H3. The zero-order valence-electron chi connectivity index (χ0n) is 48.5. The quantitative estimate of drug-likeness (QED) is 0.154. The van der Waals surface area contributed by atoms with Gasteiger partial charge >= 0.3 is 6.85 Å². The molecule has 0 atom stereocenters. The van der Waals surface area contributed by atoms with Crippen LogP contribution in [-0.2, 0) is 27.1 Å². The fraction of sp³-hybridized carbons (Fsp3) is 0.237. The first-order valence-electron chi connectivity index (χ1n) is 29.2. The van der Waals surface area contributed by atoms with Crippen LogP contribution in [0.3, 0.4) is 0 Å². The molecule has 14 rings (SSSR count). The average Bonchev–Trinajstić information content (AvgIpc) is 3.64. The van der Waals surface area contributed by atoms with Gasteiger partial charge < -0.3 is 14.6 Å². The van der Waals surface area contributed by atoms with Gasteiger partial charge in [0.15, 0.2) is 0 Å². The van der Waals surface area contributed by atoms with Crippen molar-refractivity contribution in [2.75, 3.05) is 14.6 Å². The smallest absolute Gasteiger partial charge is 0.333 e. The molecule has 0 spiro atoms. The third kappa shape index (κ3) is 7.54. The van der Waals surface area contributed by atoms with Crippen molar-refractivity contribution in [3.05, 3.63) is 262 Å². The van der Waals surface area contributed by atoms with E-state index in [4.69, 9.17) is 0 Å². The minimum absolute atomic E-state index is 0.00344. The van der Waals surface area contributed by atoms with Gasteiger partial charge in [-0.05, 0) is 185 Å². The van der Waals surface area contributed by atoms with Crippen molar-refractivity contribution in [3.8, 4) is 11.1 Å². The molecule has 0 aromatic heterocycles. The van der Waals surface area contributed by atoms with Crippen LogP contribution >= 0.6 is 0 Å². The van der Waals surface area contributed by atoms with Gasteiger partial charge in [0.2, 0.25) is 0 Å². The number of hydrogen-bond acceptors (Lipinski definition) is 3. The van der Waals surface area contributed by atoms with Gasteiger partial charge in [0.25, 0.3) is 0 Å². The maximum atomic E-state index is 2.76. The first kappa shape index (κ1) is 50.2. The van der Waals surface area contributed by atoms with Crippen molar-refractivity contribution in [1.82, 2.24) is 0 Å². The summed E-state index contributed by atoms with van der Waals surface area (Å²) in [5.74, 6) is 0. The van der Waals surface area contributed by atoms with Crippen LogP contribution in [0.15, 0.2) is 212 Å². The molecule has 3 heterocycles. The molecule has 0 saturated heterocycles. The van der Waals surface area contributed by atoms with Crippen LogP contribution in [0.5, 0.6) is 0 Å². The summed E-state index contributed by atoms with van der Waals surface area (Å²) in [6.45, 7) is 25.8. The Bertz CT molecular complexity index is 4000. The van der Waals surface area contributed by atoms with E-state index in [9.17, 15) is 0 Å². The Morgan fingerprint density at radius 2 is 1.00 bits per heavy atom. The van der Waals surface area contributed by atoms with E-state index in [-0.39, 0.29) is 28.5 Å². The third-order valence-corrected chi connectivity index (χ3v) is 18.9. The molecule has 0 unspecified atom stereocenters. The minimum atomic E-state index is -0.647. The summed E-state index contributed by atoms with van der Waals surface area (Å²) < 4.78 is 0. The van der Waals surface area contributed by atoms with Crippen LogP contribution in [0.4, 0.5) is 45.5 Å². The van der Waals surface area contributed by atoms with Gasteiger partial charge in [0.1, 0.15) is 0 Å². The summed E-state index contributed by atoms with van der Waals surface area (Å²) in [7, 11) is 0. The van der Waals surface area contributed by atoms with E-state index < -0.39 is 5.41 Å². The fourth-order valence-electron chi connectivity index (χ4n) is 14.5. The number of rotatable bonds is 6. The zero-order chi connectivity index (χ0) is 55.3. The first-order chi connectivity index (χ1) is 38.3. The van der Waals surface area contributed by atoms with Crippen molar-refractivity contribution < 1.29 is 0 Å². The summed E-state index contributed by atoms with van der Waals surface area (Å²) in [6.07, 6.45) is 2.30. The Balaban J connectivity index is 1.09. The highest BCUT2D eigenvalue weighted by Gasteiger charge is 2.53. The van der Waals surface area contributed by atoms with Crippen LogP contribution in [0.2, 0.25) is 0 Å². The number of hydrogen-bond donors (Lipinski definition) is 0. The number of fused-ring (bicyclic) bond motifs is 8. The molecule has 394 valence electrons. The van der Waals surface area contributed by atoms with Gasteiger partial charge in [0.05, 0.1) is 11.1 Å². The molecule has 3 nitrogen and oxygen atoms in total. The van der Waals surface area contributed by atoms with E-state index in [0.29, 0.717) is 0 Å². The Labute approximate surface area is 475 Å². The lowest BCUT2D eigenvalue weighted by Gasteiger charge is -2.52. The third-order valence-electron chi connectivity index (χ3n) is 18.9. The van der Waals surface area contributed by atoms with E-state index in [0.717, 1.165) is 29.9 Å². The van der Waals surface area contributed by atoms with Gasteiger partial charge in [-0.3, -0.25) is 0 Å². The summed E-state index contributed by atoms with van der Waals surface area (Å²) in [5, 5.41) is 2.47. The average molecular weight is 1040 g/mol. The predicted octanol–water partition coefficient (Wildman–Crippen LogP) is 19.0. The highest BCUT2D eigenvalue weighted by molar-refractivity contribution is 6.93. The van der Waals surface area contributed by atoms with E-state index >= 15 is 0 Å². The molecular formula is C76H72BN3. The van der Waals surface area contributed by atoms with Crippen molar-refractivity contribution in [2.45, 2.75) is 116 Å². The van der Waals surface area contributed by atoms with Crippen molar-refractivity contribution in [2.24, 2.45) is 0 Å². The second-order valence-electron chi connectivity index (χ2n) is 26.9. The minimum Gasteiger partial charge on any atom is -0.376 e. The van der Waals surface area contributed by atoms with Gasteiger partial charge in [-0.1, -0.05) is 215 Å². The second-order valence-corrected chi connectivity index (χ2v) is 26.9. The summed E-state index contributed by atoms with van der Waals surface area (Å²) >= 11 is 0. The second kappa shape index (κ2) is 17.7.